The first kappa shape index (κ1) is 10.8. The van der Waals surface area contributed by atoms with Gasteiger partial charge in [0.1, 0.15) is 0 Å². The van der Waals surface area contributed by atoms with Crippen molar-refractivity contribution in [2.75, 3.05) is 38.2 Å². The van der Waals surface area contributed by atoms with E-state index in [2.05, 4.69) is 27.0 Å². The number of fused-ring (bicyclic) bond motifs is 1. The minimum atomic E-state index is 0.278. The maximum absolute atomic E-state index is 5.82. The SMILES string of the molecule is CN1CCO[C@@H]2CN(c3nnc(C4CC4)o3)C[C@@H]21. The Kier molecular flexibility index (Phi) is 2.35. The molecule has 6 heteroatoms. The third-order valence-electron chi connectivity index (χ3n) is 4.21. The summed E-state index contributed by atoms with van der Waals surface area (Å²) in [6.07, 6.45) is 2.66. The van der Waals surface area contributed by atoms with Gasteiger partial charge in [-0.05, 0) is 19.9 Å². The molecule has 4 rings (SSSR count). The molecule has 1 aromatic heterocycles. The molecule has 0 bridgehead atoms. The van der Waals surface area contributed by atoms with Crippen LogP contribution in [-0.4, -0.2) is 60.5 Å². The fourth-order valence-corrected chi connectivity index (χ4v) is 2.86. The highest BCUT2D eigenvalue weighted by Gasteiger charge is 2.40. The fraction of sp³-hybridized carbons (Fsp3) is 0.833. The first-order chi connectivity index (χ1) is 8.81. The van der Waals surface area contributed by atoms with E-state index in [9.17, 15) is 0 Å². The van der Waals surface area contributed by atoms with Gasteiger partial charge in [0.05, 0.1) is 25.3 Å². The number of rotatable bonds is 2. The standard InChI is InChI=1S/C12H18N4O2/c1-15-4-5-17-10-7-16(6-9(10)15)12-14-13-11(18-12)8-2-3-8/h8-10H,2-7H2,1H3/t9-,10+/m0/s1. The molecule has 0 unspecified atom stereocenters. The van der Waals surface area contributed by atoms with E-state index in [0.29, 0.717) is 18.0 Å². The molecule has 98 valence electrons. The van der Waals surface area contributed by atoms with Gasteiger partial charge in [-0.2, -0.15) is 0 Å². The summed E-state index contributed by atoms with van der Waals surface area (Å²) < 4.78 is 11.6. The number of morpholine rings is 1. The summed E-state index contributed by atoms with van der Waals surface area (Å²) in [5.41, 5.74) is 0. The number of aromatic nitrogens is 2. The largest absolute Gasteiger partial charge is 0.408 e. The summed E-state index contributed by atoms with van der Waals surface area (Å²) in [6.45, 7) is 3.61. The van der Waals surface area contributed by atoms with E-state index in [1.54, 1.807) is 0 Å². The van der Waals surface area contributed by atoms with E-state index in [-0.39, 0.29) is 6.10 Å². The quantitative estimate of drug-likeness (QED) is 0.760. The Bertz CT molecular complexity index is 445. The summed E-state index contributed by atoms with van der Waals surface area (Å²) >= 11 is 0. The van der Waals surface area contributed by atoms with Crippen LogP contribution in [0.4, 0.5) is 6.01 Å². The number of nitrogens with zero attached hydrogens (tertiary/aromatic N) is 4. The molecule has 6 nitrogen and oxygen atoms in total. The molecule has 1 saturated carbocycles. The van der Waals surface area contributed by atoms with Crippen LogP contribution in [-0.2, 0) is 4.74 Å². The molecule has 1 aliphatic carbocycles. The van der Waals surface area contributed by atoms with E-state index in [1.165, 1.54) is 12.8 Å². The highest BCUT2D eigenvalue weighted by atomic mass is 16.5. The smallest absolute Gasteiger partial charge is 0.318 e. The van der Waals surface area contributed by atoms with Crippen LogP contribution in [0.3, 0.4) is 0 Å². The molecule has 0 aromatic carbocycles. The van der Waals surface area contributed by atoms with Crippen LogP contribution in [0.5, 0.6) is 0 Å². The van der Waals surface area contributed by atoms with Crippen LogP contribution in [0.15, 0.2) is 4.42 Å². The van der Waals surface area contributed by atoms with Gasteiger partial charge in [0.2, 0.25) is 5.89 Å². The lowest BCUT2D eigenvalue weighted by Gasteiger charge is -2.33. The van der Waals surface area contributed by atoms with Crippen molar-refractivity contribution in [1.29, 1.82) is 0 Å². The van der Waals surface area contributed by atoms with Crippen molar-refractivity contribution in [3.05, 3.63) is 5.89 Å². The van der Waals surface area contributed by atoms with Crippen molar-refractivity contribution < 1.29 is 9.15 Å². The fourth-order valence-electron chi connectivity index (χ4n) is 2.86. The second kappa shape index (κ2) is 3.93. The highest BCUT2D eigenvalue weighted by Crippen LogP contribution is 2.40. The van der Waals surface area contributed by atoms with Gasteiger partial charge in [-0.3, -0.25) is 4.90 Å². The van der Waals surface area contributed by atoms with Gasteiger partial charge in [0, 0.05) is 19.0 Å². The lowest BCUT2D eigenvalue weighted by molar-refractivity contribution is -0.0362. The minimum Gasteiger partial charge on any atom is -0.408 e. The van der Waals surface area contributed by atoms with Crippen LogP contribution in [0.25, 0.3) is 0 Å². The van der Waals surface area contributed by atoms with Crippen molar-refractivity contribution in [2.45, 2.75) is 30.9 Å². The van der Waals surface area contributed by atoms with Crippen LogP contribution >= 0.6 is 0 Å². The third-order valence-corrected chi connectivity index (χ3v) is 4.21. The maximum Gasteiger partial charge on any atom is 0.318 e. The Morgan fingerprint density at radius 1 is 1.22 bits per heavy atom. The van der Waals surface area contributed by atoms with Gasteiger partial charge >= 0.3 is 6.01 Å². The van der Waals surface area contributed by atoms with Crippen molar-refractivity contribution in [2.24, 2.45) is 0 Å². The molecule has 2 aliphatic heterocycles. The summed E-state index contributed by atoms with van der Waals surface area (Å²) in [5, 5.41) is 8.32. The average molecular weight is 250 g/mol. The van der Waals surface area contributed by atoms with Crippen LogP contribution in [0, 0.1) is 0 Å². The molecule has 3 aliphatic rings. The van der Waals surface area contributed by atoms with Crippen LogP contribution < -0.4 is 4.90 Å². The number of hydrogen-bond acceptors (Lipinski definition) is 6. The zero-order valence-corrected chi connectivity index (χ0v) is 10.6. The van der Waals surface area contributed by atoms with Gasteiger partial charge in [0.25, 0.3) is 0 Å². The third kappa shape index (κ3) is 1.71. The predicted molar refractivity (Wildman–Crippen MR) is 64.6 cm³/mol. The molecule has 1 aromatic rings. The topological polar surface area (TPSA) is 54.6 Å². The Hall–Kier alpha value is -1.14. The van der Waals surface area contributed by atoms with E-state index >= 15 is 0 Å². The second-order valence-electron chi connectivity index (χ2n) is 5.56. The zero-order chi connectivity index (χ0) is 12.1. The number of anilines is 1. The minimum absolute atomic E-state index is 0.278. The summed E-state index contributed by atoms with van der Waals surface area (Å²) in [4.78, 5) is 4.53. The molecule has 0 N–H and O–H groups in total. The Labute approximate surface area is 106 Å². The van der Waals surface area contributed by atoms with Crippen molar-refractivity contribution in [3.63, 3.8) is 0 Å². The molecule has 2 atom stereocenters. The summed E-state index contributed by atoms with van der Waals surface area (Å²) in [6, 6.07) is 1.12. The molecule has 0 radical (unpaired) electrons. The Balaban J connectivity index is 1.51. The molecule has 18 heavy (non-hydrogen) atoms. The molecular weight excluding hydrogens is 232 g/mol. The van der Waals surface area contributed by atoms with E-state index in [1.807, 2.05) is 0 Å². The molecule has 0 spiro atoms. The van der Waals surface area contributed by atoms with E-state index in [0.717, 1.165) is 32.1 Å². The highest BCUT2D eigenvalue weighted by molar-refractivity contribution is 5.30. The Morgan fingerprint density at radius 3 is 2.89 bits per heavy atom. The second-order valence-corrected chi connectivity index (χ2v) is 5.56. The van der Waals surface area contributed by atoms with Gasteiger partial charge in [-0.1, -0.05) is 5.10 Å². The van der Waals surface area contributed by atoms with Crippen molar-refractivity contribution in [1.82, 2.24) is 15.1 Å². The van der Waals surface area contributed by atoms with Gasteiger partial charge < -0.3 is 14.1 Å². The molecular formula is C12H18N4O2. The first-order valence-corrected chi connectivity index (χ1v) is 6.71. The van der Waals surface area contributed by atoms with Crippen molar-refractivity contribution in [3.8, 4) is 0 Å². The molecule has 0 amide bonds. The molecule has 3 fully saturated rings. The zero-order valence-electron chi connectivity index (χ0n) is 10.6. The Morgan fingerprint density at radius 2 is 2.11 bits per heavy atom. The maximum atomic E-state index is 5.82. The first-order valence-electron chi connectivity index (χ1n) is 6.71. The summed E-state index contributed by atoms with van der Waals surface area (Å²) in [5.74, 6) is 1.34. The lowest BCUT2D eigenvalue weighted by Crippen LogP contribution is -2.48. The van der Waals surface area contributed by atoms with Crippen LogP contribution in [0.1, 0.15) is 24.7 Å². The average Bonchev–Trinajstić information content (AvgIpc) is 2.93. The number of hydrogen-bond donors (Lipinski definition) is 0. The monoisotopic (exact) mass is 250 g/mol. The van der Waals surface area contributed by atoms with Gasteiger partial charge in [-0.25, -0.2) is 0 Å². The van der Waals surface area contributed by atoms with Crippen molar-refractivity contribution >= 4 is 6.01 Å². The van der Waals surface area contributed by atoms with Gasteiger partial charge in [-0.15, -0.1) is 5.10 Å². The van der Waals surface area contributed by atoms with E-state index < -0.39 is 0 Å². The van der Waals surface area contributed by atoms with Gasteiger partial charge in [0.15, 0.2) is 0 Å². The molecule has 3 heterocycles. The van der Waals surface area contributed by atoms with Crippen LogP contribution in [0.2, 0.25) is 0 Å². The lowest BCUT2D eigenvalue weighted by atomic mass is 10.1. The number of likely N-dealkylation sites (N-methyl/N-ethyl adjacent to an activating group) is 1. The number of ether oxygens (including phenoxy) is 1. The van der Waals surface area contributed by atoms with E-state index in [4.69, 9.17) is 9.15 Å². The molecule has 2 saturated heterocycles. The normalized spacial score (nSPS) is 32.8. The predicted octanol–water partition coefficient (Wildman–Crippen LogP) is 0.466. The summed E-state index contributed by atoms with van der Waals surface area (Å²) in [7, 11) is 2.16.